The summed E-state index contributed by atoms with van der Waals surface area (Å²) in [5.74, 6) is 1.95. The molecule has 21 heavy (non-hydrogen) atoms. The van der Waals surface area contributed by atoms with E-state index in [4.69, 9.17) is 10.7 Å². The van der Waals surface area contributed by atoms with Gasteiger partial charge in [0.2, 0.25) is 0 Å². The second-order valence-electron chi connectivity index (χ2n) is 7.03. The summed E-state index contributed by atoms with van der Waals surface area (Å²) in [7, 11) is 0. The molecule has 1 aromatic carbocycles. The summed E-state index contributed by atoms with van der Waals surface area (Å²) >= 11 is 0. The van der Waals surface area contributed by atoms with E-state index in [1.54, 1.807) is 0 Å². The zero-order chi connectivity index (χ0) is 15.2. The van der Waals surface area contributed by atoms with Crippen molar-refractivity contribution in [2.24, 2.45) is 0 Å². The molecule has 2 N–H and O–H groups in total. The van der Waals surface area contributed by atoms with E-state index >= 15 is 0 Å². The van der Waals surface area contributed by atoms with Gasteiger partial charge in [0.05, 0.1) is 0 Å². The predicted molar refractivity (Wildman–Crippen MR) is 88.4 cm³/mol. The van der Waals surface area contributed by atoms with E-state index in [1.165, 1.54) is 24.0 Å². The number of benzene rings is 1. The molecular formula is C18H25N3. The highest BCUT2D eigenvalue weighted by Crippen LogP contribution is 2.43. The molecule has 1 aromatic heterocycles. The molecule has 1 heterocycles. The molecule has 1 saturated carbocycles. The van der Waals surface area contributed by atoms with Crippen molar-refractivity contribution in [1.29, 1.82) is 0 Å². The van der Waals surface area contributed by atoms with Crippen LogP contribution in [0.5, 0.6) is 0 Å². The van der Waals surface area contributed by atoms with Crippen LogP contribution in [0.3, 0.4) is 0 Å². The lowest BCUT2D eigenvalue weighted by atomic mass is 9.95. The maximum Gasteiger partial charge on any atom is 0.132 e. The lowest BCUT2D eigenvalue weighted by molar-refractivity contribution is 0.504. The first-order chi connectivity index (χ1) is 9.93. The number of nitrogens with two attached hydrogens (primary N) is 1. The van der Waals surface area contributed by atoms with Gasteiger partial charge in [0.25, 0.3) is 0 Å². The Labute approximate surface area is 127 Å². The molecule has 0 bridgehead atoms. The average molecular weight is 283 g/mol. The molecule has 1 aliphatic carbocycles. The lowest BCUT2D eigenvalue weighted by Crippen LogP contribution is -2.19. The first-order valence-corrected chi connectivity index (χ1v) is 7.90. The van der Waals surface area contributed by atoms with Crippen molar-refractivity contribution in [1.82, 2.24) is 9.55 Å². The highest BCUT2D eigenvalue weighted by atomic mass is 15.2. The van der Waals surface area contributed by atoms with Crippen LogP contribution in [0.4, 0.5) is 5.82 Å². The summed E-state index contributed by atoms with van der Waals surface area (Å²) in [5, 5.41) is 0. The minimum Gasteiger partial charge on any atom is -0.383 e. The van der Waals surface area contributed by atoms with E-state index in [2.05, 4.69) is 56.5 Å². The summed E-state index contributed by atoms with van der Waals surface area (Å²) in [5.41, 5.74) is 9.96. The van der Waals surface area contributed by atoms with Crippen molar-refractivity contribution in [2.45, 2.75) is 58.4 Å². The number of nitrogen functional groups attached to an aromatic ring is 1. The van der Waals surface area contributed by atoms with Gasteiger partial charge in [0, 0.05) is 17.0 Å². The normalized spacial score (nSPS) is 15.4. The Balaban J connectivity index is 2.20. The van der Waals surface area contributed by atoms with Crippen LogP contribution in [-0.4, -0.2) is 9.55 Å². The second-order valence-corrected chi connectivity index (χ2v) is 7.03. The van der Waals surface area contributed by atoms with Crippen LogP contribution < -0.4 is 5.73 Å². The Bertz CT molecular complexity index is 658. The summed E-state index contributed by atoms with van der Waals surface area (Å²) in [6, 6.07) is 9.01. The molecule has 0 spiro atoms. The lowest BCUT2D eigenvalue weighted by Gasteiger charge is -2.20. The molecule has 0 unspecified atom stereocenters. The molecular weight excluding hydrogens is 258 g/mol. The molecule has 3 heteroatoms. The Kier molecular flexibility index (Phi) is 3.31. The van der Waals surface area contributed by atoms with E-state index in [1.807, 2.05) is 0 Å². The van der Waals surface area contributed by atoms with Crippen molar-refractivity contribution in [3.8, 4) is 11.3 Å². The number of anilines is 1. The Morgan fingerprint density at radius 2 is 1.90 bits per heavy atom. The van der Waals surface area contributed by atoms with Gasteiger partial charge in [0.1, 0.15) is 17.3 Å². The van der Waals surface area contributed by atoms with Gasteiger partial charge in [-0.05, 0) is 24.8 Å². The van der Waals surface area contributed by atoms with Crippen LogP contribution in [0.2, 0.25) is 0 Å². The average Bonchev–Trinajstić information content (AvgIpc) is 3.21. The van der Waals surface area contributed by atoms with Gasteiger partial charge < -0.3 is 10.3 Å². The summed E-state index contributed by atoms with van der Waals surface area (Å²) in [6.07, 6.45) is 3.44. The van der Waals surface area contributed by atoms with Crippen molar-refractivity contribution >= 4 is 5.82 Å². The second kappa shape index (κ2) is 4.90. The zero-order valence-corrected chi connectivity index (χ0v) is 13.5. The van der Waals surface area contributed by atoms with Gasteiger partial charge in [-0.25, -0.2) is 4.98 Å². The van der Waals surface area contributed by atoms with Crippen LogP contribution in [0.15, 0.2) is 24.3 Å². The van der Waals surface area contributed by atoms with Gasteiger partial charge in [-0.3, -0.25) is 0 Å². The maximum absolute atomic E-state index is 6.50. The van der Waals surface area contributed by atoms with Crippen LogP contribution in [0.25, 0.3) is 11.3 Å². The van der Waals surface area contributed by atoms with Crippen molar-refractivity contribution < 1.29 is 0 Å². The van der Waals surface area contributed by atoms with E-state index in [9.17, 15) is 0 Å². The van der Waals surface area contributed by atoms with Gasteiger partial charge >= 0.3 is 0 Å². The number of imidazole rings is 1. The van der Waals surface area contributed by atoms with E-state index in [0.29, 0.717) is 6.04 Å². The van der Waals surface area contributed by atoms with Crippen molar-refractivity contribution in [2.75, 3.05) is 5.73 Å². The molecule has 0 radical (unpaired) electrons. The molecule has 0 atom stereocenters. The summed E-state index contributed by atoms with van der Waals surface area (Å²) in [4.78, 5) is 4.96. The minimum absolute atomic E-state index is 0.0100. The number of aryl methyl sites for hydroxylation is 1. The first-order valence-electron chi connectivity index (χ1n) is 7.90. The van der Waals surface area contributed by atoms with Gasteiger partial charge in [-0.15, -0.1) is 0 Å². The monoisotopic (exact) mass is 283 g/mol. The summed E-state index contributed by atoms with van der Waals surface area (Å²) in [6.45, 7) is 8.81. The van der Waals surface area contributed by atoms with E-state index in [-0.39, 0.29) is 5.41 Å². The Hall–Kier alpha value is -1.77. The molecule has 1 aliphatic rings. The maximum atomic E-state index is 6.50. The molecule has 0 saturated heterocycles. The number of nitrogens with zero attached hydrogens (tertiary/aromatic N) is 2. The first kappa shape index (κ1) is 14.2. The number of aromatic nitrogens is 2. The largest absolute Gasteiger partial charge is 0.383 e. The quantitative estimate of drug-likeness (QED) is 0.911. The van der Waals surface area contributed by atoms with Gasteiger partial charge in [0.15, 0.2) is 0 Å². The smallest absolute Gasteiger partial charge is 0.132 e. The van der Waals surface area contributed by atoms with E-state index < -0.39 is 0 Å². The minimum atomic E-state index is 0.0100. The number of hydrogen-bond donors (Lipinski definition) is 1. The fraction of sp³-hybridized carbons (Fsp3) is 0.500. The predicted octanol–water partition coefficient (Wildman–Crippen LogP) is 4.33. The molecule has 1 fully saturated rings. The van der Waals surface area contributed by atoms with Gasteiger partial charge in [-0.2, -0.15) is 0 Å². The molecule has 0 aliphatic heterocycles. The van der Waals surface area contributed by atoms with Crippen LogP contribution in [-0.2, 0) is 11.8 Å². The molecule has 2 aromatic rings. The standard InChI is InChI=1S/C18H25N3/c1-5-12-8-6-7-9-14(12)15-16(19)21(13-10-11-13)17(20-15)18(2,3)4/h6-9,13H,5,10-11,19H2,1-4H3. The highest BCUT2D eigenvalue weighted by Gasteiger charge is 2.34. The summed E-state index contributed by atoms with van der Waals surface area (Å²) < 4.78 is 2.28. The third-order valence-electron chi connectivity index (χ3n) is 4.18. The topological polar surface area (TPSA) is 43.8 Å². The Morgan fingerprint density at radius 1 is 1.24 bits per heavy atom. The number of rotatable bonds is 3. The van der Waals surface area contributed by atoms with Crippen LogP contribution in [0.1, 0.15) is 58.0 Å². The highest BCUT2D eigenvalue weighted by molar-refractivity contribution is 5.74. The molecule has 3 nitrogen and oxygen atoms in total. The SMILES string of the molecule is CCc1ccccc1-c1nc(C(C)(C)C)n(C2CC2)c1N. The molecule has 0 amide bonds. The zero-order valence-electron chi connectivity index (χ0n) is 13.5. The third kappa shape index (κ3) is 2.45. The van der Waals surface area contributed by atoms with Gasteiger partial charge in [-0.1, -0.05) is 52.0 Å². The fourth-order valence-corrected chi connectivity index (χ4v) is 2.93. The fourth-order valence-electron chi connectivity index (χ4n) is 2.93. The number of hydrogen-bond acceptors (Lipinski definition) is 2. The molecule has 3 rings (SSSR count). The van der Waals surface area contributed by atoms with Crippen LogP contribution >= 0.6 is 0 Å². The van der Waals surface area contributed by atoms with Crippen molar-refractivity contribution in [3.63, 3.8) is 0 Å². The molecule has 112 valence electrons. The van der Waals surface area contributed by atoms with E-state index in [0.717, 1.165) is 23.8 Å². The van der Waals surface area contributed by atoms with Crippen molar-refractivity contribution in [3.05, 3.63) is 35.7 Å². The Morgan fingerprint density at radius 3 is 2.48 bits per heavy atom. The third-order valence-corrected chi connectivity index (χ3v) is 4.18. The van der Waals surface area contributed by atoms with Crippen LogP contribution in [0, 0.1) is 0 Å².